The molecule has 51 heavy (non-hydrogen) atoms. The highest BCUT2D eigenvalue weighted by Crippen LogP contribution is 2.40. The molecule has 1 aliphatic heterocycles. The minimum Gasteiger partial charge on any atom is -0.494 e. The van der Waals surface area contributed by atoms with Gasteiger partial charge in [-0.2, -0.15) is 13.2 Å². The van der Waals surface area contributed by atoms with Crippen LogP contribution >= 0.6 is 0 Å². The summed E-state index contributed by atoms with van der Waals surface area (Å²) in [5.41, 5.74) is 8.96. The molecule has 4 heterocycles. The van der Waals surface area contributed by atoms with Gasteiger partial charge in [0.05, 0.1) is 41.2 Å². The predicted molar refractivity (Wildman–Crippen MR) is 186 cm³/mol. The lowest BCUT2D eigenvalue weighted by molar-refractivity contribution is -0.137. The Morgan fingerprint density at radius 1 is 1.06 bits per heavy atom. The van der Waals surface area contributed by atoms with E-state index >= 15 is 0 Å². The number of halogens is 3. The molecule has 2 bridgehead atoms. The number of carbonyl (C=O) groups is 2. The van der Waals surface area contributed by atoms with E-state index in [-0.39, 0.29) is 18.0 Å². The SMILES string of the molecule is COc1cc(C(=O)N2C[C@H](N)[C@H]3CC[C@@H]2C3)cc2nc(-c3cc4ccc([C@@H](C)NC(=O)c5ccccc5C(F)(F)F)nc4n3CC3CC3)n(C)c12. The molecule has 2 aromatic carbocycles. The molecule has 2 aliphatic carbocycles. The average Bonchev–Trinajstić information content (AvgIpc) is 3.58. The maximum Gasteiger partial charge on any atom is 0.417 e. The van der Waals surface area contributed by atoms with Crippen LogP contribution in [0.15, 0.2) is 54.6 Å². The Morgan fingerprint density at radius 3 is 2.59 bits per heavy atom. The number of hydrogen-bond donors (Lipinski definition) is 2. The highest BCUT2D eigenvalue weighted by molar-refractivity contribution is 6.00. The summed E-state index contributed by atoms with van der Waals surface area (Å²) in [5, 5.41) is 3.57. The van der Waals surface area contributed by atoms with Crippen LogP contribution in [0.25, 0.3) is 33.6 Å². The summed E-state index contributed by atoms with van der Waals surface area (Å²) in [5.74, 6) is 1.28. The topological polar surface area (TPSA) is 120 Å². The van der Waals surface area contributed by atoms with E-state index in [9.17, 15) is 22.8 Å². The molecule has 5 aromatic rings. The summed E-state index contributed by atoms with van der Waals surface area (Å²) in [4.78, 5) is 38.9. The fourth-order valence-corrected chi connectivity index (χ4v) is 8.01. The van der Waals surface area contributed by atoms with E-state index in [1.165, 1.54) is 18.2 Å². The number of fused-ring (bicyclic) bond motifs is 4. The second-order valence-corrected chi connectivity index (χ2v) is 14.4. The molecular formula is C38H40F3N7O3. The number of nitrogens with two attached hydrogens (primary N) is 1. The number of pyridine rings is 1. The van der Waals surface area contributed by atoms with Gasteiger partial charge in [-0.15, -0.1) is 0 Å². The molecule has 0 radical (unpaired) electrons. The smallest absolute Gasteiger partial charge is 0.417 e. The van der Waals surface area contributed by atoms with Crippen molar-refractivity contribution in [3.63, 3.8) is 0 Å². The van der Waals surface area contributed by atoms with Crippen molar-refractivity contribution in [1.29, 1.82) is 0 Å². The molecule has 4 atom stereocenters. The Kier molecular flexibility index (Phi) is 8.08. The summed E-state index contributed by atoms with van der Waals surface area (Å²) < 4.78 is 50.8. The first-order chi connectivity index (χ1) is 24.4. The van der Waals surface area contributed by atoms with Crippen molar-refractivity contribution in [2.75, 3.05) is 13.7 Å². The summed E-state index contributed by atoms with van der Waals surface area (Å²) in [7, 11) is 3.51. The number of carbonyl (C=O) groups excluding carboxylic acids is 2. The monoisotopic (exact) mass is 699 g/mol. The molecule has 3 fully saturated rings. The van der Waals surface area contributed by atoms with E-state index in [0.717, 1.165) is 54.8 Å². The summed E-state index contributed by atoms with van der Waals surface area (Å²) in [6, 6.07) is 13.6. The molecule has 2 amide bonds. The Labute approximate surface area is 292 Å². The van der Waals surface area contributed by atoms with Crippen LogP contribution in [-0.4, -0.2) is 61.6 Å². The van der Waals surface area contributed by atoms with Gasteiger partial charge >= 0.3 is 6.18 Å². The zero-order chi connectivity index (χ0) is 35.8. The third kappa shape index (κ3) is 5.90. The van der Waals surface area contributed by atoms with Crippen molar-refractivity contribution in [3.8, 4) is 17.3 Å². The zero-order valence-corrected chi connectivity index (χ0v) is 28.7. The number of rotatable bonds is 8. The molecule has 10 nitrogen and oxygen atoms in total. The van der Waals surface area contributed by atoms with E-state index < -0.39 is 29.3 Å². The molecule has 13 heteroatoms. The second kappa shape index (κ2) is 12.4. The van der Waals surface area contributed by atoms with Crippen LogP contribution in [0.1, 0.15) is 77.0 Å². The lowest BCUT2D eigenvalue weighted by Gasteiger charge is -2.37. The molecule has 3 N–H and O–H groups in total. The highest BCUT2D eigenvalue weighted by Gasteiger charge is 2.41. The van der Waals surface area contributed by atoms with E-state index in [2.05, 4.69) is 9.88 Å². The predicted octanol–water partition coefficient (Wildman–Crippen LogP) is 6.47. The molecule has 0 unspecified atom stereocenters. The lowest BCUT2D eigenvalue weighted by Crippen LogP contribution is -2.51. The molecule has 2 saturated carbocycles. The van der Waals surface area contributed by atoms with E-state index in [1.807, 2.05) is 34.7 Å². The van der Waals surface area contributed by atoms with Crippen molar-refractivity contribution >= 4 is 33.9 Å². The number of methoxy groups -OCH3 is 1. The van der Waals surface area contributed by atoms with Gasteiger partial charge in [0.2, 0.25) is 0 Å². The first-order valence-corrected chi connectivity index (χ1v) is 17.5. The largest absolute Gasteiger partial charge is 0.494 e. The average molecular weight is 700 g/mol. The fraction of sp³-hybridized carbons (Fsp3) is 0.421. The van der Waals surface area contributed by atoms with Crippen molar-refractivity contribution < 1.29 is 27.5 Å². The molecular weight excluding hydrogens is 659 g/mol. The van der Waals surface area contributed by atoms with E-state index in [4.69, 9.17) is 20.4 Å². The standard InChI is InChI=1S/C38H40F3N7O3/c1-20(43-36(49)26-6-4-5-7-27(26)38(39,40)41)29-13-11-23-16-31(48(34(23)44-29)18-21-8-9-21)35-45-30-15-24(17-32(51-3)33(30)46(35)2)37(50)47-19-28(42)22-10-12-25(47)14-22/h4-7,11,13,15-17,20-22,25,28H,8-10,12,14,18-19,42H2,1-3H3,(H,43,49)/t20-,22+,25-,28+/m1/s1. The zero-order valence-electron chi connectivity index (χ0n) is 28.7. The molecule has 3 aliphatic rings. The Balaban J connectivity index is 1.15. The molecule has 1 saturated heterocycles. The van der Waals surface area contributed by atoms with E-state index in [1.54, 1.807) is 26.2 Å². The summed E-state index contributed by atoms with van der Waals surface area (Å²) in [6.07, 6.45) is 0.485. The van der Waals surface area contributed by atoms with Gasteiger partial charge in [0.1, 0.15) is 16.9 Å². The minimum atomic E-state index is -4.66. The van der Waals surface area contributed by atoms with Gasteiger partial charge in [-0.25, -0.2) is 9.97 Å². The van der Waals surface area contributed by atoms with Crippen molar-refractivity contribution in [3.05, 3.63) is 77.0 Å². The molecule has 3 aromatic heterocycles. The van der Waals surface area contributed by atoms with Gasteiger partial charge in [0, 0.05) is 43.2 Å². The Bertz CT molecular complexity index is 2190. The van der Waals surface area contributed by atoms with Crippen molar-refractivity contribution in [1.82, 2.24) is 29.3 Å². The maximum atomic E-state index is 13.9. The molecule has 266 valence electrons. The molecule has 8 rings (SSSR count). The number of amides is 2. The number of benzene rings is 2. The van der Waals surface area contributed by atoms with Crippen molar-refractivity contribution in [2.24, 2.45) is 24.6 Å². The summed E-state index contributed by atoms with van der Waals surface area (Å²) in [6.45, 7) is 2.95. The third-order valence-electron chi connectivity index (χ3n) is 11.0. The van der Waals surface area contributed by atoms with Gasteiger partial charge in [-0.05, 0) is 93.3 Å². The van der Waals surface area contributed by atoms with Crippen LogP contribution < -0.4 is 15.8 Å². The van der Waals surface area contributed by atoms with Crippen LogP contribution in [0, 0.1) is 11.8 Å². The number of likely N-dealkylation sites (tertiary alicyclic amines) is 1. The van der Waals surface area contributed by atoms with Crippen LogP contribution in [0.5, 0.6) is 5.75 Å². The van der Waals surface area contributed by atoms with E-state index in [0.29, 0.717) is 58.9 Å². The minimum absolute atomic E-state index is 0.0207. The number of nitrogens with zero attached hydrogens (tertiary/aromatic N) is 5. The van der Waals surface area contributed by atoms with Gasteiger partial charge in [-0.1, -0.05) is 12.1 Å². The quantitative estimate of drug-likeness (QED) is 0.192. The first-order valence-electron chi connectivity index (χ1n) is 17.5. The van der Waals surface area contributed by atoms with Crippen LogP contribution in [0.4, 0.5) is 13.2 Å². The van der Waals surface area contributed by atoms with Gasteiger partial charge in [0.25, 0.3) is 11.8 Å². The fourth-order valence-electron chi connectivity index (χ4n) is 8.01. The second-order valence-electron chi connectivity index (χ2n) is 14.4. The third-order valence-corrected chi connectivity index (χ3v) is 11.0. The van der Waals surface area contributed by atoms with Gasteiger partial charge in [-0.3, -0.25) is 9.59 Å². The number of ether oxygens (including phenoxy) is 1. The Hall–Kier alpha value is -4.91. The normalized spacial score (nSPS) is 21.0. The summed E-state index contributed by atoms with van der Waals surface area (Å²) >= 11 is 0. The van der Waals surface area contributed by atoms with Gasteiger partial charge < -0.3 is 29.8 Å². The van der Waals surface area contributed by atoms with Crippen LogP contribution in [0.2, 0.25) is 0 Å². The van der Waals surface area contributed by atoms with Crippen molar-refractivity contribution in [2.45, 2.75) is 69.9 Å². The maximum absolute atomic E-state index is 13.9. The number of alkyl halides is 3. The number of imidazole rings is 1. The number of aromatic nitrogens is 4. The number of nitrogens with one attached hydrogen (secondary N) is 1. The number of aryl methyl sites for hydroxylation is 1. The first kappa shape index (κ1) is 33.2. The lowest BCUT2D eigenvalue weighted by atomic mass is 9.94. The van der Waals surface area contributed by atoms with Gasteiger partial charge in [0.15, 0.2) is 5.82 Å². The number of piperidine rings is 1. The number of hydrogen-bond acceptors (Lipinski definition) is 6. The Morgan fingerprint density at radius 2 is 1.84 bits per heavy atom. The van der Waals surface area contributed by atoms with Crippen LogP contribution in [-0.2, 0) is 19.8 Å². The van der Waals surface area contributed by atoms with Crippen LogP contribution in [0.3, 0.4) is 0 Å². The molecule has 0 spiro atoms. The highest BCUT2D eigenvalue weighted by atomic mass is 19.4.